The average molecular weight is 1450 g/mol. The lowest BCUT2D eigenvalue weighted by Crippen LogP contribution is -2.39. The monoisotopic (exact) mass is 1450 g/mol. The van der Waals surface area contributed by atoms with Gasteiger partial charge in [-0.1, -0.05) is 242 Å². The fourth-order valence-electron chi connectivity index (χ4n) is 14.2. The van der Waals surface area contributed by atoms with E-state index in [0.29, 0.717) is 17.3 Å². The standard InChI is InChI=1S/C89H61NO7S6/c1-2-78(91)93-46-45-90-88(92)94-50-89(51-98-69-33-15-18-36-72(69)101-75-47-57-24-6-12-30-63(57)82-79-60-27-9-3-21-54(60)39-42-66(79)95-85(75)82,52-99-70-34-16-19-37-73(70)102-76-48-58-25-7-13-31-64(58)83-80-61-28-10-4-22-55(61)40-43-67(80)96-86(76)83)53-100-71-35-17-20-38-74(71)103-77-49-59-26-8-14-32-65(59)84-81-62-29-11-5-23-56(62)41-44-68(81)97-87(77)84/h2-44,47-49H,1,45-46,50-53H2,(H,90,92). The maximum absolute atomic E-state index is 14.3. The molecule has 0 saturated heterocycles. The van der Waals surface area contributed by atoms with Crippen molar-refractivity contribution >= 4 is 213 Å². The number of nitrogens with one attached hydrogen (secondary N) is 1. The molecule has 500 valence electrons. The molecule has 14 heteroatoms. The zero-order valence-electron chi connectivity index (χ0n) is 55.3. The lowest BCUT2D eigenvalue weighted by atomic mass is 9.97. The molecule has 1 N–H and O–H groups in total. The second-order valence-electron chi connectivity index (χ2n) is 25.6. The average Bonchev–Trinajstić information content (AvgIpc) is 1.62. The van der Waals surface area contributed by atoms with Crippen LogP contribution in [0.3, 0.4) is 0 Å². The van der Waals surface area contributed by atoms with Gasteiger partial charge in [-0.05, 0) is 137 Å². The number of carbonyl (C=O) groups is 2. The van der Waals surface area contributed by atoms with Gasteiger partial charge in [0.2, 0.25) is 0 Å². The van der Waals surface area contributed by atoms with E-state index < -0.39 is 17.5 Å². The van der Waals surface area contributed by atoms with Gasteiger partial charge >= 0.3 is 12.1 Å². The largest absolute Gasteiger partial charge is 0.461 e. The quantitative estimate of drug-likeness (QED) is 0.0320. The second-order valence-corrected chi connectivity index (χ2v) is 31.9. The molecular formula is C89H61NO7S6. The summed E-state index contributed by atoms with van der Waals surface area (Å²) in [6.07, 6.45) is 0.497. The van der Waals surface area contributed by atoms with Gasteiger partial charge in [0.25, 0.3) is 0 Å². The predicted octanol–water partition coefficient (Wildman–Crippen LogP) is 25.9. The van der Waals surface area contributed by atoms with Crippen LogP contribution in [0.2, 0.25) is 0 Å². The van der Waals surface area contributed by atoms with Crippen LogP contribution in [0.1, 0.15) is 0 Å². The molecule has 0 aliphatic rings. The van der Waals surface area contributed by atoms with Crippen LogP contribution in [0.5, 0.6) is 0 Å². The van der Waals surface area contributed by atoms with E-state index in [-0.39, 0.29) is 19.8 Å². The van der Waals surface area contributed by atoms with E-state index in [1.165, 1.54) is 0 Å². The van der Waals surface area contributed by atoms with Crippen molar-refractivity contribution in [3.8, 4) is 0 Å². The number of benzene rings is 15. The minimum absolute atomic E-state index is 0.0413. The summed E-state index contributed by atoms with van der Waals surface area (Å²) in [5.74, 6) is 1.05. The van der Waals surface area contributed by atoms with Crippen molar-refractivity contribution in [3.05, 3.63) is 286 Å². The summed E-state index contributed by atoms with van der Waals surface area (Å²) in [5.41, 5.74) is 4.35. The highest BCUT2D eigenvalue weighted by atomic mass is 32.2. The van der Waals surface area contributed by atoms with Crippen molar-refractivity contribution in [2.45, 2.75) is 44.1 Å². The molecule has 18 aromatic rings. The molecule has 0 bridgehead atoms. The highest BCUT2D eigenvalue weighted by molar-refractivity contribution is 8.04. The maximum Gasteiger partial charge on any atom is 0.407 e. The lowest BCUT2D eigenvalue weighted by molar-refractivity contribution is -0.137. The van der Waals surface area contributed by atoms with Crippen LogP contribution in [0.25, 0.3) is 130 Å². The van der Waals surface area contributed by atoms with Crippen LogP contribution in [-0.2, 0) is 14.3 Å². The van der Waals surface area contributed by atoms with Gasteiger partial charge in [0.05, 0.1) is 21.2 Å². The molecule has 103 heavy (non-hydrogen) atoms. The van der Waals surface area contributed by atoms with E-state index in [0.717, 1.165) is 181 Å². The number of esters is 1. The minimum Gasteiger partial charge on any atom is -0.461 e. The molecule has 0 unspecified atom stereocenters. The Hall–Kier alpha value is -10.2. The number of hydrogen-bond donors (Lipinski definition) is 1. The third kappa shape index (κ3) is 12.4. The van der Waals surface area contributed by atoms with Crippen molar-refractivity contribution in [2.24, 2.45) is 5.41 Å². The zero-order chi connectivity index (χ0) is 69.0. The van der Waals surface area contributed by atoms with Crippen LogP contribution in [-0.4, -0.2) is 49.1 Å². The maximum atomic E-state index is 14.3. The molecule has 0 aliphatic heterocycles. The zero-order valence-corrected chi connectivity index (χ0v) is 60.2. The van der Waals surface area contributed by atoms with Crippen LogP contribution in [0.15, 0.2) is 343 Å². The molecule has 15 aromatic carbocycles. The van der Waals surface area contributed by atoms with E-state index >= 15 is 0 Å². The summed E-state index contributed by atoms with van der Waals surface area (Å²) < 4.78 is 32.8. The molecule has 3 heterocycles. The van der Waals surface area contributed by atoms with Gasteiger partial charge < -0.3 is 28.0 Å². The number of amides is 1. The Kier molecular flexibility index (Phi) is 17.6. The molecule has 8 nitrogen and oxygen atoms in total. The first kappa shape index (κ1) is 64.9. The van der Waals surface area contributed by atoms with Crippen molar-refractivity contribution in [3.63, 3.8) is 0 Å². The highest BCUT2D eigenvalue weighted by Crippen LogP contribution is 2.52. The first-order valence-corrected chi connectivity index (χ1v) is 39.4. The van der Waals surface area contributed by atoms with E-state index in [4.69, 9.17) is 22.7 Å². The van der Waals surface area contributed by atoms with Gasteiger partial charge in [0, 0.05) is 90.4 Å². The molecule has 0 aliphatic carbocycles. The Balaban J connectivity index is 0.737. The number of rotatable bonds is 21. The molecule has 0 spiro atoms. The number of ether oxygens (including phenoxy) is 2. The number of carbonyl (C=O) groups excluding carboxylic acids is 2. The predicted molar refractivity (Wildman–Crippen MR) is 433 cm³/mol. The van der Waals surface area contributed by atoms with Crippen molar-refractivity contribution in [2.75, 3.05) is 37.0 Å². The first-order chi connectivity index (χ1) is 50.8. The molecule has 0 saturated carbocycles. The Morgan fingerprint density at radius 1 is 0.350 bits per heavy atom. The van der Waals surface area contributed by atoms with Crippen molar-refractivity contribution in [1.29, 1.82) is 0 Å². The van der Waals surface area contributed by atoms with E-state index in [1.54, 1.807) is 70.6 Å². The van der Waals surface area contributed by atoms with E-state index in [1.807, 2.05) is 0 Å². The lowest BCUT2D eigenvalue weighted by Gasteiger charge is -2.33. The van der Waals surface area contributed by atoms with E-state index in [2.05, 4.69) is 285 Å². The molecule has 0 atom stereocenters. The normalized spacial score (nSPS) is 12.1. The van der Waals surface area contributed by atoms with Crippen LogP contribution in [0.4, 0.5) is 4.79 Å². The minimum atomic E-state index is -0.734. The smallest absolute Gasteiger partial charge is 0.407 e. The van der Waals surface area contributed by atoms with Crippen molar-refractivity contribution in [1.82, 2.24) is 5.32 Å². The molecule has 3 aromatic heterocycles. The van der Waals surface area contributed by atoms with Crippen LogP contribution in [0, 0.1) is 5.41 Å². The molecule has 18 rings (SSSR count). The molecular weight excluding hydrogens is 1390 g/mol. The summed E-state index contributed by atoms with van der Waals surface area (Å²) >= 11 is 10.4. The number of furan rings is 3. The molecule has 0 radical (unpaired) electrons. The number of alkyl carbamates (subject to hydrolysis) is 1. The number of hydrogen-bond acceptors (Lipinski definition) is 13. The van der Waals surface area contributed by atoms with Gasteiger partial charge in [0.15, 0.2) is 0 Å². The van der Waals surface area contributed by atoms with Crippen LogP contribution < -0.4 is 5.32 Å². The van der Waals surface area contributed by atoms with E-state index in [9.17, 15) is 9.59 Å². The van der Waals surface area contributed by atoms with Gasteiger partial charge in [-0.2, -0.15) is 0 Å². The van der Waals surface area contributed by atoms with Gasteiger partial charge in [-0.15, -0.1) is 35.3 Å². The van der Waals surface area contributed by atoms with Gasteiger partial charge in [0.1, 0.15) is 46.7 Å². The Bertz CT molecular complexity index is 5860. The summed E-state index contributed by atoms with van der Waals surface area (Å²) in [4.78, 5) is 35.9. The topological polar surface area (TPSA) is 104 Å². The third-order valence-electron chi connectivity index (χ3n) is 19.1. The number of fused-ring (bicyclic) bond motifs is 21. The molecule has 1 amide bonds. The molecule has 0 fully saturated rings. The Morgan fingerprint density at radius 3 is 0.990 bits per heavy atom. The fourth-order valence-corrected chi connectivity index (χ4v) is 21.8. The Labute approximate surface area is 617 Å². The van der Waals surface area contributed by atoms with Gasteiger partial charge in [-0.25, -0.2) is 9.59 Å². The fraction of sp³-hybridized carbons (Fsp3) is 0.0787. The summed E-state index contributed by atoms with van der Waals surface area (Å²) in [5, 5.41) is 23.3. The SMILES string of the molecule is C=CC(=O)OCCNC(=O)OCC(CSc1ccccc1Sc1cc2ccccc2c2c1oc1ccc3ccccc3c12)(CSc1ccccc1Sc1cc2ccccc2c2c1oc1ccc3ccccc3c12)CSc1ccccc1Sc1cc2ccccc2c2c1oc1ccc3ccccc3c12. The highest BCUT2D eigenvalue weighted by Gasteiger charge is 2.35. The first-order valence-electron chi connectivity index (χ1n) is 33.9. The Morgan fingerprint density at radius 2 is 0.650 bits per heavy atom. The number of thioether (sulfide) groups is 3. The van der Waals surface area contributed by atoms with Crippen molar-refractivity contribution < 1.29 is 32.3 Å². The second kappa shape index (κ2) is 27.9. The summed E-state index contributed by atoms with van der Waals surface area (Å²) in [6, 6.07) is 96.8. The summed E-state index contributed by atoms with van der Waals surface area (Å²) in [7, 11) is 0. The summed E-state index contributed by atoms with van der Waals surface area (Å²) in [6.45, 7) is 3.60. The third-order valence-corrected chi connectivity index (χ3v) is 27.0. The van der Waals surface area contributed by atoms with Gasteiger partial charge in [-0.3, -0.25) is 0 Å². The van der Waals surface area contributed by atoms with Crippen LogP contribution >= 0.6 is 70.6 Å².